The molecule has 0 amide bonds. The second-order valence-corrected chi connectivity index (χ2v) is 2.94. The zero-order valence-electron chi connectivity index (χ0n) is 6.30. The van der Waals surface area contributed by atoms with Crippen LogP contribution in [0.5, 0.6) is 0 Å². The summed E-state index contributed by atoms with van der Waals surface area (Å²) in [5.41, 5.74) is 0. The third-order valence-electron chi connectivity index (χ3n) is 1.41. The number of nitrogens with zero attached hydrogens (tertiary/aromatic N) is 2. The minimum atomic E-state index is -2.79. The molecule has 0 saturated heterocycles. The Labute approximate surface area is 65.1 Å². The zero-order valence-corrected chi connectivity index (χ0v) is 7.19. The van der Waals surface area contributed by atoms with Gasteiger partial charge in [-0.25, -0.2) is 13.7 Å². The van der Waals surface area contributed by atoms with Gasteiger partial charge in [0.05, 0.1) is 0 Å². The van der Waals surface area contributed by atoms with E-state index in [1.807, 2.05) is 0 Å². The average molecular weight is 176 g/mol. The first kappa shape index (κ1) is 8.30. The van der Waals surface area contributed by atoms with Gasteiger partial charge in [0.25, 0.3) is 0 Å². The van der Waals surface area contributed by atoms with E-state index in [1.165, 1.54) is 0 Å². The topological polar surface area (TPSA) is 49.9 Å². The normalized spacial score (nSPS) is 18.0. The molecule has 1 heterocycles. The van der Waals surface area contributed by atoms with Gasteiger partial charge >= 0.3 is 7.91 Å². The molecule has 62 valence electrons. The summed E-state index contributed by atoms with van der Waals surface area (Å²) >= 11 is 0. The van der Waals surface area contributed by atoms with Crippen LogP contribution in [0.4, 0.5) is 0 Å². The van der Waals surface area contributed by atoms with Crippen LogP contribution < -0.4 is 0 Å². The molecule has 6 heteroatoms. The van der Waals surface area contributed by atoms with Crippen LogP contribution in [0.15, 0.2) is 12.4 Å². The minimum absolute atomic E-state index is 0.517. The van der Waals surface area contributed by atoms with Gasteiger partial charge in [0.2, 0.25) is 6.35 Å². The molecule has 0 spiro atoms. The molecule has 1 rings (SSSR count). The van der Waals surface area contributed by atoms with Crippen molar-refractivity contribution in [1.29, 1.82) is 0 Å². The zero-order chi connectivity index (χ0) is 8.43. The molecule has 0 aromatic rings. The van der Waals surface area contributed by atoms with E-state index >= 15 is 0 Å². The molecule has 0 aromatic heterocycles. The molecule has 0 bridgehead atoms. The van der Waals surface area contributed by atoms with E-state index in [4.69, 9.17) is 0 Å². The summed E-state index contributed by atoms with van der Waals surface area (Å²) in [6.07, 6.45) is 2.96. The van der Waals surface area contributed by atoms with E-state index in [-0.39, 0.29) is 0 Å². The van der Waals surface area contributed by atoms with E-state index in [0.717, 1.165) is 0 Å². The highest BCUT2D eigenvalue weighted by molar-refractivity contribution is 7.24. The minimum Gasteiger partial charge on any atom is -0.336 e. The van der Waals surface area contributed by atoms with Crippen LogP contribution in [0.1, 0.15) is 0 Å². The molecule has 0 saturated carbocycles. The van der Waals surface area contributed by atoms with Crippen molar-refractivity contribution in [3.8, 4) is 0 Å². The maximum Gasteiger partial charge on any atom is 0.471 e. The van der Waals surface area contributed by atoms with E-state index in [0.29, 0.717) is 0 Å². The molecule has 0 aliphatic carbocycles. The van der Waals surface area contributed by atoms with Crippen molar-refractivity contribution in [3.63, 3.8) is 0 Å². The van der Waals surface area contributed by atoms with Gasteiger partial charge in [0, 0.05) is 26.5 Å². The lowest BCUT2D eigenvalue weighted by Gasteiger charge is -2.23. The molecule has 5 nitrogen and oxygen atoms in total. The van der Waals surface area contributed by atoms with Crippen LogP contribution in [-0.2, 0) is 13.7 Å². The molecule has 1 aliphatic rings. The maximum atomic E-state index is 10.2. The Bertz CT molecular complexity index is 218. The van der Waals surface area contributed by atoms with Crippen molar-refractivity contribution >= 4 is 7.91 Å². The monoisotopic (exact) mass is 176 g/mol. The summed E-state index contributed by atoms with van der Waals surface area (Å²) in [5.74, 6) is 0. The standard InChI is InChI=1S/C5H9N2O3P/c1-6-3-4-7(2)5(6)10-11(8)9/h3-5H,1-2H3. The summed E-state index contributed by atoms with van der Waals surface area (Å²) in [6.45, 7) is 0. The Kier molecular flexibility index (Phi) is 2.31. The summed E-state index contributed by atoms with van der Waals surface area (Å²) in [5, 5.41) is 0. The Hall–Kier alpha value is -0.800. The third-order valence-corrected chi connectivity index (χ3v) is 1.77. The third kappa shape index (κ3) is 1.82. The summed E-state index contributed by atoms with van der Waals surface area (Å²) in [6, 6.07) is 0. The van der Waals surface area contributed by atoms with E-state index in [1.54, 1.807) is 36.3 Å². The molecule has 0 atom stereocenters. The van der Waals surface area contributed by atoms with Crippen LogP contribution in [0, 0.1) is 0 Å². The first-order chi connectivity index (χ1) is 5.11. The predicted octanol–water partition coefficient (Wildman–Crippen LogP) is 0.723. The molecular weight excluding hydrogens is 167 g/mol. The molecule has 1 aliphatic heterocycles. The van der Waals surface area contributed by atoms with Gasteiger partial charge in [0.1, 0.15) is 0 Å². The lowest BCUT2D eigenvalue weighted by atomic mass is 10.8. The van der Waals surface area contributed by atoms with Crippen molar-refractivity contribution in [1.82, 2.24) is 9.80 Å². The van der Waals surface area contributed by atoms with Crippen molar-refractivity contribution in [2.75, 3.05) is 14.1 Å². The van der Waals surface area contributed by atoms with Gasteiger partial charge < -0.3 is 9.80 Å². The average Bonchev–Trinajstić information content (AvgIpc) is 2.18. The Balaban J connectivity index is 2.58. The van der Waals surface area contributed by atoms with Crippen LogP contribution in [-0.4, -0.2) is 30.2 Å². The largest absolute Gasteiger partial charge is 0.471 e. The van der Waals surface area contributed by atoms with Gasteiger partial charge in [-0.2, -0.15) is 0 Å². The molecule has 11 heavy (non-hydrogen) atoms. The first-order valence-electron chi connectivity index (χ1n) is 3.04. The molecule has 0 N–H and O–H groups in total. The quantitative estimate of drug-likeness (QED) is 0.580. The van der Waals surface area contributed by atoms with Crippen molar-refractivity contribution in [3.05, 3.63) is 12.4 Å². The van der Waals surface area contributed by atoms with Gasteiger partial charge in [-0.15, -0.1) is 0 Å². The highest BCUT2D eigenvalue weighted by atomic mass is 31.1. The predicted molar refractivity (Wildman–Crippen MR) is 37.8 cm³/mol. The molecule has 0 aromatic carbocycles. The highest BCUT2D eigenvalue weighted by Gasteiger charge is 2.22. The lowest BCUT2D eigenvalue weighted by molar-refractivity contribution is 0.00318. The highest BCUT2D eigenvalue weighted by Crippen LogP contribution is 2.19. The van der Waals surface area contributed by atoms with Crippen LogP contribution in [0.3, 0.4) is 0 Å². The number of hydrogen-bond donors (Lipinski definition) is 0. The SMILES string of the molecule is CN1C=CN(C)C1OP(=O)=O. The second-order valence-electron chi connectivity index (χ2n) is 2.28. The van der Waals surface area contributed by atoms with Gasteiger partial charge in [0.15, 0.2) is 0 Å². The fraction of sp³-hybridized carbons (Fsp3) is 0.600. The Morgan fingerprint density at radius 1 is 1.27 bits per heavy atom. The van der Waals surface area contributed by atoms with Crippen LogP contribution in [0.2, 0.25) is 0 Å². The first-order valence-corrected chi connectivity index (χ1v) is 4.14. The fourth-order valence-corrected chi connectivity index (χ4v) is 1.32. The van der Waals surface area contributed by atoms with Crippen molar-refractivity contribution in [2.24, 2.45) is 0 Å². The fourth-order valence-electron chi connectivity index (χ4n) is 0.871. The van der Waals surface area contributed by atoms with Gasteiger partial charge in [-0.3, -0.25) is 0 Å². The maximum absolute atomic E-state index is 10.2. The van der Waals surface area contributed by atoms with Crippen molar-refractivity contribution in [2.45, 2.75) is 6.35 Å². The lowest BCUT2D eigenvalue weighted by Crippen LogP contribution is -2.34. The van der Waals surface area contributed by atoms with Crippen LogP contribution >= 0.6 is 7.91 Å². The Morgan fingerprint density at radius 2 is 1.73 bits per heavy atom. The molecule has 0 unspecified atom stereocenters. The van der Waals surface area contributed by atoms with Gasteiger partial charge in [-0.05, 0) is 0 Å². The summed E-state index contributed by atoms with van der Waals surface area (Å²) in [4.78, 5) is 3.32. The smallest absolute Gasteiger partial charge is 0.336 e. The molecule has 0 fully saturated rings. The second kappa shape index (κ2) is 3.07. The molecular formula is C5H9N2O3P. The van der Waals surface area contributed by atoms with E-state index in [2.05, 4.69) is 4.52 Å². The molecule has 0 radical (unpaired) electrons. The van der Waals surface area contributed by atoms with Crippen molar-refractivity contribution < 1.29 is 13.7 Å². The van der Waals surface area contributed by atoms with Gasteiger partial charge in [-0.1, -0.05) is 0 Å². The summed E-state index contributed by atoms with van der Waals surface area (Å²) in [7, 11) is 0.691. The summed E-state index contributed by atoms with van der Waals surface area (Å²) < 4.78 is 24.9. The Morgan fingerprint density at radius 3 is 2.09 bits per heavy atom. The van der Waals surface area contributed by atoms with E-state index in [9.17, 15) is 9.13 Å². The van der Waals surface area contributed by atoms with E-state index < -0.39 is 14.3 Å². The van der Waals surface area contributed by atoms with Crippen LogP contribution in [0.25, 0.3) is 0 Å². The number of hydrogen-bond acceptors (Lipinski definition) is 5. The number of rotatable bonds is 2.